The summed E-state index contributed by atoms with van der Waals surface area (Å²) in [6, 6.07) is 12.0. The first-order valence-electron chi connectivity index (χ1n) is 4.14. The van der Waals surface area contributed by atoms with Crippen LogP contribution in [-0.4, -0.2) is 21.1 Å². The predicted octanol–water partition coefficient (Wildman–Crippen LogP) is 1.89. The molecule has 0 aliphatic heterocycles. The van der Waals surface area contributed by atoms with Crippen LogP contribution in [-0.2, 0) is 15.2 Å². The van der Waals surface area contributed by atoms with Gasteiger partial charge in [0, 0.05) is 0 Å². The summed E-state index contributed by atoms with van der Waals surface area (Å²) in [5.74, 6) is 0. The van der Waals surface area contributed by atoms with E-state index in [4.69, 9.17) is 0 Å². The van der Waals surface area contributed by atoms with Crippen molar-refractivity contribution in [2.45, 2.75) is 6.92 Å². The molecule has 82 valence electrons. The zero-order valence-electron chi connectivity index (χ0n) is 8.16. The van der Waals surface area contributed by atoms with E-state index >= 15 is 0 Å². The second-order valence-corrected chi connectivity index (χ2v) is 2.78. The third-order valence-corrected chi connectivity index (χ3v) is 1.38. The lowest BCUT2D eigenvalue weighted by molar-refractivity contribution is 0.164. The highest BCUT2D eigenvalue weighted by Crippen LogP contribution is 1.80. The lowest BCUT2D eigenvalue weighted by Gasteiger charge is -1.88. The summed E-state index contributed by atoms with van der Waals surface area (Å²) in [5, 5.41) is 0. The molecular formula is C9H11NO4S. The van der Waals surface area contributed by atoms with Crippen LogP contribution in [0.15, 0.2) is 40.8 Å². The van der Waals surface area contributed by atoms with Crippen LogP contribution in [0.4, 0.5) is 4.79 Å². The minimum atomic E-state index is -2.70. The summed E-state index contributed by atoms with van der Waals surface area (Å²) in [7, 11) is -2.70. The fourth-order valence-corrected chi connectivity index (χ4v) is 0.770. The third kappa shape index (κ3) is 10.2. The monoisotopic (exact) mass is 229 g/mol. The molecule has 5 nitrogen and oxygen atoms in total. The molecule has 0 unspecified atom stereocenters. The quantitative estimate of drug-likeness (QED) is 0.737. The smallest absolute Gasteiger partial charge is 0.448 e. The van der Waals surface area contributed by atoms with Crippen LogP contribution < -0.4 is 0 Å². The van der Waals surface area contributed by atoms with Crippen LogP contribution in [0.5, 0.6) is 0 Å². The van der Waals surface area contributed by atoms with Crippen molar-refractivity contribution in [3.63, 3.8) is 0 Å². The second-order valence-electron chi connectivity index (χ2n) is 2.16. The van der Waals surface area contributed by atoms with Crippen molar-refractivity contribution >= 4 is 16.6 Å². The topological polar surface area (TPSA) is 72.8 Å². The first kappa shape index (κ1) is 13.3. The molecule has 0 fully saturated rings. The van der Waals surface area contributed by atoms with E-state index < -0.39 is 16.6 Å². The SMILES string of the molecule is CCOC(=O)N=S(=O)=O.c1ccccc1. The molecule has 0 atom stereocenters. The standard InChI is InChI=1S/C6H6.C3H5NO4S/c1-2-4-6-5-3-1;1-2-8-3(5)4-9(6)7/h1-6H;2H2,1H3. The number of benzene rings is 1. The van der Waals surface area contributed by atoms with Gasteiger partial charge in [0.05, 0.1) is 6.61 Å². The summed E-state index contributed by atoms with van der Waals surface area (Å²) in [6.07, 6.45) is -1.08. The Labute approximate surface area is 89.4 Å². The first-order chi connectivity index (χ1) is 7.16. The fraction of sp³-hybridized carbons (Fsp3) is 0.222. The molecule has 0 aliphatic carbocycles. The van der Waals surface area contributed by atoms with Gasteiger partial charge in [-0.3, -0.25) is 0 Å². The minimum Gasteiger partial charge on any atom is -0.448 e. The molecule has 0 saturated heterocycles. The van der Waals surface area contributed by atoms with Crippen molar-refractivity contribution in [2.75, 3.05) is 6.61 Å². The van der Waals surface area contributed by atoms with Crippen LogP contribution in [0, 0.1) is 0 Å². The fourth-order valence-electron chi connectivity index (χ4n) is 0.596. The van der Waals surface area contributed by atoms with Crippen LogP contribution >= 0.6 is 0 Å². The van der Waals surface area contributed by atoms with Gasteiger partial charge in [0.25, 0.3) is 0 Å². The average molecular weight is 229 g/mol. The second kappa shape index (κ2) is 8.89. The highest BCUT2D eigenvalue weighted by molar-refractivity contribution is 7.62. The molecule has 0 aliphatic rings. The molecule has 15 heavy (non-hydrogen) atoms. The van der Waals surface area contributed by atoms with Crippen molar-refractivity contribution in [3.8, 4) is 0 Å². The van der Waals surface area contributed by atoms with E-state index in [2.05, 4.69) is 9.10 Å². The minimum absolute atomic E-state index is 0.125. The number of carbonyl (C=O) groups is 1. The Kier molecular flexibility index (Phi) is 7.89. The van der Waals surface area contributed by atoms with Gasteiger partial charge in [0.2, 0.25) is 0 Å². The summed E-state index contributed by atoms with van der Waals surface area (Å²) < 4.78 is 25.9. The van der Waals surface area contributed by atoms with Gasteiger partial charge in [-0.1, -0.05) is 40.8 Å². The number of rotatable bonds is 1. The van der Waals surface area contributed by atoms with Crippen LogP contribution in [0.2, 0.25) is 0 Å². The van der Waals surface area contributed by atoms with Crippen molar-refractivity contribution in [3.05, 3.63) is 36.4 Å². The Morgan fingerprint density at radius 1 is 1.13 bits per heavy atom. The molecule has 1 amide bonds. The summed E-state index contributed by atoms with van der Waals surface area (Å²) >= 11 is 0. The molecular weight excluding hydrogens is 218 g/mol. The summed E-state index contributed by atoms with van der Waals surface area (Å²) in [5.41, 5.74) is 0. The third-order valence-electron chi connectivity index (χ3n) is 1.08. The summed E-state index contributed by atoms with van der Waals surface area (Å²) in [4.78, 5) is 10.1. The maximum Gasteiger partial charge on any atom is 0.448 e. The Hall–Kier alpha value is -1.69. The van der Waals surface area contributed by atoms with Crippen LogP contribution in [0.1, 0.15) is 6.92 Å². The number of carbonyl (C=O) groups excluding carboxylic acids is 1. The van der Waals surface area contributed by atoms with Gasteiger partial charge in [-0.05, 0) is 6.92 Å². The Morgan fingerprint density at radius 3 is 1.80 bits per heavy atom. The van der Waals surface area contributed by atoms with Gasteiger partial charge < -0.3 is 4.74 Å². The molecule has 1 rings (SSSR count). The van der Waals surface area contributed by atoms with Gasteiger partial charge in [-0.15, -0.1) is 0 Å². The van der Waals surface area contributed by atoms with E-state index in [1.807, 2.05) is 36.4 Å². The number of ether oxygens (including phenoxy) is 1. The molecule has 1 aromatic carbocycles. The van der Waals surface area contributed by atoms with Crippen LogP contribution in [0.3, 0.4) is 0 Å². The largest absolute Gasteiger partial charge is 0.448 e. The van der Waals surface area contributed by atoms with Crippen molar-refractivity contribution < 1.29 is 17.9 Å². The van der Waals surface area contributed by atoms with E-state index in [1.165, 1.54) is 0 Å². The van der Waals surface area contributed by atoms with Crippen molar-refractivity contribution in [1.82, 2.24) is 0 Å². The molecule has 0 spiro atoms. The van der Waals surface area contributed by atoms with Crippen molar-refractivity contribution in [2.24, 2.45) is 4.36 Å². The predicted molar refractivity (Wildman–Crippen MR) is 54.8 cm³/mol. The molecule has 0 N–H and O–H groups in total. The van der Waals surface area contributed by atoms with E-state index in [0.717, 1.165) is 0 Å². The van der Waals surface area contributed by atoms with E-state index in [1.54, 1.807) is 6.92 Å². The molecule has 0 radical (unpaired) electrons. The number of hydrogen-bond acceptors (Lipinski definition) is 4. The zero-order valence-corrected chi connectivity index (χ0v) is 8.98. The van der Waals surface area contributed by atoms with E-state index in [-0.39, 0.29) is 6.61 Å². The Bertz CT molecular complexity index is 365. The highest BCUT2D eigenvalue weighted by Gasteiger charge is 1.94. The average Bonchev–Trinajstić information content (AvgIpc) is 2.20. The highest BCUT2D eigenvalue weighted by atomic mass is 32.2. The molecule has 0 bridgehead atoms. The van der Waals surface area contributed by atoms with E-state index in [9.17, 15) is 13.2 Å². The van der Waals surface area contributed by atoms with Gasteiger partial charge in [0.15, 0.2) is 0 Å². The lowest BCUT2D eigenvalue weighted by Crippen LogP contribution is -1.95. The number of hydrogen-bond donors (Lipinski definition) is 0. The molecule has 0 heterocycles. The lowest BCUT2D eigenvalue weighted by atomic mass is 10.4. The summed E-state index contributed by atoms with van der Waals surface area (Å²) in [6.45, 7) is 1.68. The molecule has 6 heteroatoms. The maximum atomic E-state index is 10.1. The molecule has 0 saturated carbocycles. The Morgan fingerprint density at radius 2 is 1.53 bits per heavy atom. The first-order valence-corrected chi connectivity index (χ1v) is 5.18. The van der Waals surface area contributed by atoms with E-state index in [0.29, 0.717) is 0 Å². The van der Waals surface area contributed by atoms with Gasteiger partial charge in [-0.25, -0.2) is 4.79 Å². The van der Waals surface area contributed by atoms with Gasteiger partial charge in [-0.2, -0.15) is 8.42 Å². The Balaban J connectivity index is 0.000000280. The normalized spacial score (nSPS) is 8.07. The van der Waals surface area contributed by atoms with Gasteiger partial charge in [0.1, 0.15) is 0 Å². The molecule has 0 aromatic heterocycles. The number of amides is 1. The maximum absolute atomic E-state index is 10.1. The molecule has 1 aromatic rings. The van der Waals surface area contributed by atoms with Crippen molar-refractivity contribution in [1.29, 1.82) is 0 Å². The number of nitrogens with zero attached hydrogens (tertiary/aromatic N) is 1. The zero-order chi connectivity index (χ0) is 11.5. The van der Waals surface area contributed by atoms with Gasteiger partial charge >= 0.3 is 16.6 Å². The van der Waals surface area contributed by atoms with Crippen LogP contribution in [0.25, 0.3) is 0 Å².